The van der Waals surface area contributed by atoms with Crippen molar-refractivity contribution >= 4 is 0 Å². The molecule has 0 atom stereocenters. The molecule has 1 saturated heterocycles. The summed E-state index contributed by atoms with van der Waals surface area (Å²) in [6.45, 7) is 1.56. The first kappa shape index (κ1) is 11.6. The number of aryl methyl sites for hydroxylation is 2. The minimum Gasteiger partial charge on any atom is -0.237 e. The van der Waals surface area contributed by atoms with Gasteiger partial charge in [0.2, 0.25) is 0 Å². The number of fused-ring (bicyclic) bond motifs is 1. The fraction of sp³-hybridized carbons (Fsp3) is 0.571. The molecule has 2 aliphatic rings. The molecule has 0 aromatic heterocycles. The Labute approximate surface area is 97.5 Å². The molecule has 1 aromatic carbocycles. The third-order valence-electron chi connectivity index (χ3n) is 3.05. The number of hydrogen-bond acceptors (Lipinski definition) is 2. The standard InChI is InChI=1S/C10H12.C4H8O2/c1-2-6-10-8-4-3-7-9(10)5-1;1-2-4-6-5-3-1/h1-2,5-6H,3-4,7-8H2;1-4H2. The highest BCUT2D eigenvalue weighted by atomic mass is 17.2. The van der Waals surface area contributed by atoms with Crippen LogP contribution in [0.5, 0.6) is 0 Å². The van der Waals surface area contributed by atoms with Gasteiger partial charge >= 0.3 is 0 Å². The summed E-state index contributed by atoms with van der Waals surface area (Å²) in [5.74, 6) is 0. The van der Waals surface area contributed by atoms with Crippen LogP contribution in [0, 0.1) is 0 Å². The first-order valence-electron chi connectivity index (χ1n) is 6.28. The highest BCUT2D eigenvalue weighted by Gasteiger charge is 2.05. The zero-order chi connectivity index (χ0) is 11.1. The summed E-state index contributed by atoms with van der Waals surface area (Å²) in [6, 6.07) is 8.80. The fourth-order valence-corrected chi connectivity index (χ4v) is 2.12. The van der Waals surface area contributed by atoms with Crippen molar-refractivity contribution < 1.29 is 9.78 Å². The summed E-state index contributed by atoms with van der Waals surface area (Å²) in [4.78, 5) is 9.14. The molecule has 1 aliphatic carbocycles. The maximum atomic E-state index is 4.57. The van der Waals surface area contributed by atoms with E-state index in [1.807, 2.05) is 0 Å². The van der Waals surface area contributed by atoms with Crippen molar-refractivity contribution in [3.63, 3.8) is 0 Å². The van der Waals surface area contributed by atoms with Crippen molar-refractivity contribution in [3.8, 4) is 0 Å². The van der Waals surface area contributed by atoms with Crippen molar-refractivity contribution in [2.75, 3.05) is 13.2 Å². The summed E-state index contributed by atoms with van der Waals surface area (Å²) >= 11 is 0. The minimum absolute atomic E-state index is 0.778. The summed E-state index contributed by atoms with van der Waals surface area (Å²) in [7, 11) is 0. The van der Waals surface area contributed by atoms with E-state index in [1.54, 1.807) is 11.1 Å². The molecule has 2 nitrogen and oxygen atoms in total. The molecule has 1 aromatic rings. The van der Waals surface area contributed by atoms with Gasteiger partial charge in [-0.3, -0.25) is 0 Å². The highest BCUT2D eigenvalue weighted by Crippen LogP contribution is 2.19. The molecular formula is C14H20O2. The molecule has 88 valence electrons. The first-order valence-corrected chi connectivity index (χ1v) is 6.28. The largest absolute Gasteiger partial charge is 0.237 e. The fourth-order valence-electron chi connectivity index (χ4n) is 2.12. The molecule has 0 saturated carbocycles. The number of benzene rings is 1. The molecule has 0 bridgehead atoms. The van der Waals surface area contributed by atoms with Gasteiger partial charge in [0.25, 0.3) is 0 Å². The third-order valence-corrected chi connectivity index (χ3v) is 3.05. The Morgan fingerprint density at radius 1 is 0.688 bits per heavy atom. The minimum atomic E-state index is 0.778. The highest BCUT2D eigenvalue weighted by molar-refractivity contribution is 5.28. The summed E-state index contributed by atoms with van der Waals surface area (Å²) in [6.07, 6.45) is 7.68. The van der Waals surface area contributed by atoms with Crippen LogP contribution in [0.1, 0.15) is 36.8 Å². The smallest absolute Gasteiger partial charge is 0.0823 e. The van der Waals surface area contributed by atoms with Gasteiger partial charge in [-0.1, -0.05) is 24.3 Å². The average Bonchev–Trinajstić information content (AvgIpc) is 2.42. The van der Waals surface area contributed by atoms with Crippen molar-refractivity contribution in [2.24, 2.45) is 0 Å². The van der Waals surface area contributed by atoms with Gasteiger partial charge in [-0.15, -0.1) is 0 Å². The second-order valence-corrected chi connectivity index (χ2v) is 4.33. The van der Waals surface area contributed by atoms with E-state index in [0.29, 0.717) is 0 Å². The van der Waals surface area contributed by atoms with Crippen LogP contribution in [0.3, 0.4) is 0 Å². The predicted molar refractivity (Wildman–Crippen MR) is 64.2 cm³/mol. The molecule has 0 N–H and O–H groups in total. The van der Waals surface area contributed by atoms with Gasteiger partial charge in [0.05, 0.1) is 13.2 Å². The number of rotatable bonds is 0. The summed E-state index contributed by atoms with van der Waals surface area (Å²) in [5, 5.41) is 0. The van der Waals surface area contributed by atoms with Crippen molar-refractivity contribution in [1.82, 2.24) is 0 Å². The Balaban J connectivity index is 0.000000138. The van der Waals surface area contributed by atoms with Gasteiger partial charge in [-0.2, -0.15) is 0 Å². The van der Waals surface area contributed by atoms with Crippen LogP contribution in [0.25, 0.3) is 0 Å². The van der Waals surface area contributed by atoms with Crippen LogP contribution >= 0.6 is 0 Å². The van der Waals surface area contributed by atoms with E-state index in [9.17, 15) is 0 Å². The zero-order valence-corrected chi connectivity index (χ0v) is 9.78. The molecule has 1 heterocycles. The molecule has 3 rings (SSSR count). The van der Waals surface area contributed by atoms with Crippen LogP contribution < -0.4 is 0 Å². The predicted octanol–water partition coefficient (Wildman–Crippen LogP) is 3.29. The van der Waals surface area contributed by atoms with Crippen molar-refractivity contribution in [2.45, 2.75) is 38.5 Å². The van der Waals surface area contributed by atoms with Crippen molar-refractivity contribution in [3.05, 3.63) is 35.4 Å². The monoisotopic (exact) mass is 220 g/mol. The van der Waals surface area contributed by atoms with Gasteiger partial charge in [-0.05, 0) is 49.7 Å². The molecule has 0 radical (unpaired) electrons. The second-order valence-electron chi connectivity index (χ2n) is 4.33. The van der Waals surface area contributed by atoms with Crippen molar-refractivity contribution in [1.29, 1.82) is 0 Å². The van der Waals surface area contributed by atoms with Crippen LogP contribution in [0.2, 0.25) is 0 Å². The van der Waals surface area contributed by atoms with E-state index < -0.39 is 0 Å². The van der Waals surface area contributed by atoms with Gasteiger partial charge in [-0.25, -0.2) is 9.78 Å². The summed E-state index contributed by atoms with van der Waals surface area (Å²) < 4.78 is 0. The molecule has 0 unspecified atom stereocenters. The normalized spacial score (nSPS) is 19.2. The average molecular weight is 220 g/mol. The second kappa shape index (κ2) is 6.66. The van der Waals surface area contributed by atoms with Gasteiger partial charge in [0.15, 0.2) is 0 Å². The molecule has 1 fully saturated rings. The van der Waals surface area contributed by atoms with Gasteiger partial charge < -0.3 is 0 Å². The Morgan fingerprint density at radius 3 is 1.56 bits per heavy atom. The lowest BCUT2D eigenvalue weighted by Crippen LogP contribution is -2.05. The molecular weight excluding hydrogens is 200 g/mol. The van der Waals surface area contributed by atoms with E-state index >= 15 is 0 Å². The van der Waals surface area contributed by atoms with Crippen LogP contribution in [-0.4, -0.2) is 13.2 Å². The van der Waals surface area contributed by atoms with Crippen LogP contribution in [0.15, 0.2) is 24.3 Å². The Morgan fingerprint density at radius 2 is 1.19 bits per heavy atom. The number of hydrogen-bond donors (Lipinski definition) is 0. The lowest BCUT2D eigenvalue weighted by atomic mass is 9.92. The summed E-state index contributed by atoms with van der Waals surface area (Å²) in [5.41, 5.74) is 3.16. The quantitative estimate of drug-likeness (QED) is 0.625. The molecule has 0 spiro atoms. The van der Waals surface area contributed by atoms with E-state index in [1.165, 1.54) is 25.7 Å². The SMILES string of the molecule is C1CCOOC1.c1ccc2c(c1)CCCC2. The maximum Gasteiger partial charge on any atom is 0.0823 e. The van der Waals surface area contributed by atoms with E-state index in [-0.39, 0.29) is 0 Å². The first-order chi connectivity index (χ1) is 7.97. The lowest BCUT2D eigenvalue weighted by molar-refractivity contribution is -0.312. The van der Waals surface area contributed by atoms with E-state index in [0.717, 1.165) is 26.1 Å². The molecule has 2 heteroatoms. The molecule has 16 heavy (non-hydrogen) atoms. The zero-order valence-electron chi connectivity index (χ0n) is 9.78. The Kier molecular flexibility index (Phi) is 4.84. The Hall–Kier alpha value is -0.860. The van der Waals surface area contributed by atoms with Gasteiger partial charge in [0.1, 0.15) is 0 Å². The van der Waals surface area contributed by atoms with Crippen LogP contribution in [-0.2, 0) is 22.6 Å². The molecule has 0 amide bonds. The lowest BCUT2D eigenvalue weighted by Gasteiger charge is -2.13. The topological polar surface area (TPSA) is 18.5 Å². The molecule has 1 aliphatic heterocycles. The van der Waals surface area contributed by atoms with E-state index in [2.05, 4.69) is 34.0 Å². The Bertz CT molecular complexity index is 269. The van der Waals surface area contributed by atoms with Gasteiger partial charge in [0, 0.05) is 0 Å². The maximum absolute atomic E-state index is 4.57. The van der Waals surface area contributed by atoms with Crippen LogP contribution in [0.4, 0.5) is 0 Å². The van der Waals surface area contributed by atoms with E-state index in [4.69, 9.17) is 0 Å². The third kappa shape index (κ3) is 3.62.